The lowest BCUT2D eigenvalue weighted by Gasteiger charge is -2.08. The van der Waals surface area contributed by atoms with Gasteiger partial charge in [0.15, 0.2) is 0 Å². The van der Waals surface area contributed by atoms with Gasteiger partial charge in [-0.05, 0) is 53.2 Å². The molecule has 2 aromatic heterocycles. The first-order valence-electron chi connectivity index (χ1n) is 10.2. The molecule has 0 atom stereocenters. The van der Waals surface area contributed by atoms with E-state index in [1.807, 2.05) is 12.1 Å². The summed E-state index contributed by atoms with van der Waals surface area (Å²) in [4.78, 5) is 0. The predicted octanol–water partition coefficient (Wildman–Crippen LogP) is 7.84. The third kappa shape index (κ3) is 2.03. The highest BCUT2D eigenvalue weighted by atomic mass is 16.3. The molecule has 0 radical (unpaired) electrons. The predicted molar refractivity (Wildman–Crippen MR) is 126 cm³/mol. The van der Waals surface area contributed by atoms with Crippen LogP contribution in [-0.2, 0) is 0 Å². The van der Waals surface area contributed by atoms with Crippen molar-refractivity contribution in [1.82, 2.24) is 4.57 Å². The minimum absolute atomic E-state index is 0.934. The number of hydrogen-bond acceptors (Lipinski definition) is 1. The van der Waals surface area contributed by atoms with Gasteiger partial charge in [-0.25, -0.2) is 0 Å². The molecule has 30 heavy (non-hydrogen) atoms. The number of benzene rings is 5. The van der Waals surface area contributed by atoms with Gasteiger partial charge in [-0.2, -0.15) is 0 Å². The minimum atomic E-state index is 0.934. The highest BCUT2D eigenvalue weighted by Crippen LogP contribution is 2.39. The molecule has 2 nitrogen and oxygen atoms in total. The van der Waals surface area contributed by atoms with Gasteiger partial charge >= 0.3 is 0 Å². The van der Waals surface area contributed by atoms with E-state index in [-0.39, 0.29) is 0 Å². The standard InChI is InChI=1S/C28H17NO/c1-2-8-19(9-3-1)29-24-12-6-4-10-20(24)23-16-18-14-15-27-28(22(18)17-25(23)29)21-11-5-7-13-26(21)30-27/h1-17H. The largest absolute Gasteiger partial charge is 0.456 e. The summed E-state index contributed by atoms with van der Waals surface area (Å²) in [5.74, 6) is 0. The van der Waals surface area contributed by atoms with Crippen LogP contribution in [0.5, 0.6) is 0 Å². The number of para-hydroxylation sites is 3. The number of nitrogens with zero attached hydrogens (tertiary/aromatic N) is 1. The molecule has 0 saturated heterocycles. The Bertz CT molecular complexity index is 1740. The second kappa shape index (κ2) is 5.74. The number of rotatable bonds is 1. The molecule has 7 rings (SSSR count). The van der Waals surface area contributed by atoms with E-state index in [1.165, 1.54) is 49.0 Å². The van der Waals surface area contributed by atoms with Crippen molar-refractivity contribution in [3.05, 3.63) is 103 Å². The molecule has 0 N–H and O–H groups in total. The zero-order valence-corrected chi connectivity index (χ0v) is 16.2. The Balaban J connectivity index is 1.73. The lowest BCUT2D eigenvalue weighted by molar-refractivity contribution is 0.669. The van der Waals surface area contributed by atoms with Crippen molar-refractivity contribution in [2.45, 2.75) is 0 Å². The zero-order valence-electron chi connectivity index (χ0n) is 16.2. The average Bonchev–Trinajstić information content (AvgIpc) is 3.34. The van der Waals surface area contributed by atoms with E-state index in [1.54, 1.807) is 0 Å². The summed E-state index contributed by atoms with van der Waals surface area (Å²) in [5.41, 5.74) is 5.48. The van der Waals surface area contributed by atoms with Crippen molar-refractivity contribution in [2.75, 3.05) is 0 Å². The van der Waals surface area contributed by atoms with E-state index in [4.69, 9.17) is 4.42 Å². The van der Waals surface area contributed by atoms with Gasteiger partial charge in [0, 0.05) is 27.2 Å². The van der Waals surface area contributed by atoms with Gasteiger partial charge in [0.25, 0.3) is 0 Å². The van der Waals surface area contributed by atoms with Crippen molar-refractivity contribution in [1.29, 1.82) is 0 Å². The fourth-order valence-corrected chi connectivity index (χ4v) is 4.87. The Hall–Kier alpha value is -4.04. The zero-order chi connectivity index (χ0) is 19.7. The molecule has 0 aliphatic carbocycles. The fourth-order valence-electron chi connectivity index (χ4n) is 4.87. The molecule has 2 heteroatoms. The minimum Gasteiger partial charge on any atom is -0.456 e. The van der Waals surface area contributed by atoms with E-state index in [0.29, 0.717) is 0 Å². The highest BCUT2D eigenvalue weighted by molar-refractivity contribution is 6.23. The average molecular weight is 383 g/mol. The van der Waals surface area contributed by atoms with Crippen LogP contribution in [-0.4, -0.2) is 4.57 Å². The molecule has 140 valence electrons. The molecular formula is C28H17NO. The number of hydrogen-bond donors (Lipinski definition) is 0. The summed E-state index contributed by atoms with van der Waals surface area (Å²) in [5, 5.41) is 7.36. The SMILES string of the molecule is c1ccc(-n2c3ccccc3c3cc4ccc5oc6ccccc6c5c4cc32)cc1. The summed E-state index contributed by atoms with van der Waals surface area (Å²) < 4.78 is 8.51. The van der Waals surface area contributed by atoms with Crippen LogP contribution in [0.2, 0.25) is 0 Å². The second-order valence-corrected chi connectivity index (χ2v) is 7.82. The van der Waals surface area contributed by atoms with Crippen molar-refractivity contribution < 1.29 is 4.42 Å². The van der Waals surface area contributed by atoms with Gasteiger partial charge in [-0.15, -0.1) is 0 Å². The van der Waals surface area contributed by atoms with Crippen LogP contribution in [0.3, 0.4) is 0 Å². The topological polar surface area (TPSA) is 18.1 Å². The quantitative estimate of drug-likeness (QED) is 0.282. The second-order valence-electron chi connectivity index (χ2n) is 7.82. The normalized spacial score (nSPS) is 12.0. The Kier molecular flexibility index (Phi) is 3.03. The lowest BCUT2D eigenvalue weighted by Crippen LogP contribution is -1.92. The smallest absolute Gasteiger partial charge is 0.136 e. The van der Waals surface area contributed by atoms with Crippen LogP contribution < -0.4 is 0 Å². The Morgan fingerprint density at radius 3 is 2.17 bits per heavy atom. The molecule has 0 bridgehead atoms. The van der Waals surface area contributed by atoms with Gasteiger partial charge in [0.2, 0.25) is 0 Å². The molecule has 0 unspecified atom stereocenters. The number of aromatic nitrogens is 1. The van der Waals surface area contributed by atoms with Gasteiger partial charge in [0.05, 0.1) is 11.0 Å². The number of furan rings is 1. The summed E-state index contributed by atoms with van der Waals surface area (Å²) in [7, 11) is 0. The summed E-state index contributed by atoms with van der Waals surface area (Å²) in [6.07, 6.45) is 0. The van der Waals surface area contributed by atoms with Crippen LogP contribution in [0.25, 0.3) is 60.2 Å². The molecular weight excluding hydrogens is 366 g/mol. The lowest BCUT2D eigenvalue weighted by atomic mass is 10.0. The van der Waals surface area contributed by atoms with Crippen molar-refractivity contribution in [3.8, 4) is 5.69 Å². The highest BCUT2D eigenvalue weighted by Gasteiger charge is 2.16. The van der Waals surface area contributed by atoms with Crippen LogP contribution >= 0.6 is 0 Å². The summed E-state index contributed by atoms with van der Waals surface area (Å²) in [6, 6.07) is 36.5. The number of fused-ring (bicyclic) bond motifs is 8. The van der Waals surface area contributed by atoms with Crippen molar-refractivity contribution in [2.24, 2.45) is 0 Å². The van der Waals surface area contributed by atoms with E-state index in [2.05, 4.69) is 95.6 Å². The van der Waals surface area contributed by atoms with Gasteiger partial charge in [-0.1, -0.05) is 60.7 Å². The third-order valence-corrected chi connectivity index (χ3v) is 6.16. The molecule has 0 saturated carbocycles. The first-order chi connectivity index (χ1) is 14.9. The van der Waals surface area contributed by atoms with E-state index in [9.17, 15) is 0 Å². The Labute approximate surface area is 172 Å². The van der Waals surface area contributed by atoms with Gasteiger partial charge in [0.1, 0.15) is 11.2 Å². The molecule has 2 heterocycles. The Morgan fingerprint density at radius 1 is 0.500 bits per heavy atom. The summed E-state index contributed by atoms with van der Waals surface area (Å²) >= 11 is 0. The molecule has 0 aliphatic heterocycles. The van der Waals surface area contributed by atoms with Crippen molar-refractivity contribution in [3.63, 3.8) is 0 Å². The maximum Gasteiger partial charge on any atom is 0.136 e. The van der Waals surface area contributed by atoms with Crippen LogP contribution in [0.4, 0.5) is 0 Å². The molecule has 7 aromatic rings. The van der Waals surface area contributed by atoms with Gasteiger partial charge in [-0.3, -0.25) is 0 Å². The van der Waals surface area contributed by atoms with Crippen LogP contribution in [0.1, 0.15) is 0 Å². The van der Waals surface area contributed by atoms with Gasteiger partial charge < -0.3 is 8.98 Å². The summed E-state index contributed by atoms with van der Waals surface area (Å²) in [6.45, 7) is 0. The molecule has 0 fully saturated rings. The molecule has 0 aliphatic rings. The van der Waals surface area contributed by atoms with E-state index >= 15 is 0 Å². The maximum atomic E-state index is 6.14. The van der Waals surface area contributed by atoms with E-state index < -0.39 is 0 Å². The first kappa shape index (κ1) is 15.8. The van der Waals surface area contributed by atoms with Crippen molar-refractivity contribution >= 4 is 54.5 Å². The third-order valence-electron chi connectivity index (χ3n) is 6.16. The van der Waals surface area contributed by atoms with E-state index in [0.717, 1.165) is 11.2 Å². The molecule has 5 aromatic carbocycles. The fraction of sp³-hybridized carbons (Fsp3) is 0. The molecule has 0 amide bonds. The van der Waals surface area contributed by atoms with Crippen LogP contribution in [0, 0.1) is 0 Å². The first-order valence-corrected chi connectivity index (χ1v) is 10.2. The Morgan fingerprint density at radius 2 is 1.27 bits per heavy atom. The van der Waals surface area contributed by atoms with Crippen LogP contribution in [0.15, 0.2) is 108 Å². The monoisotopic (exact) mass is 383 g/mol. The maximum absolute atomic E-state index is 6.14. The molecule has 0 spiro atoms.